The van der Waals surface area contributed by atoms with Crippen molar-refractivity contribution in [3.63, 3.8) is 0 Å². The van der Waals surface area contributed by atoms with Crippen LogP contribution in [0.2, 0.25) is 0 Å². The monoisotopic (exact) mass is 345 g/mol. The highest BCUT2D eigenvalue weighted by molar-refractivity contribution is 9.10. The second kappa shape index (κ2) is 4.64. The lowest BCUT2D eigenvalue weighted by Gasteiger charge is -2.30. The molecular weight excluding hydrogens is 334 g/mol. The Labute approximate surface area is 129 Å². The van der Waals surface area contributed by atoms with Crippen molar-refractivity contribution in [1.82, 2.24) is 0 Å². The smallest absolute Gasteiger partial charge is 0.262 e. The first kappa shape index (κ1) is 13.0. The van der Waals surface area contributed by atoms with Crippen LogP contribution in [-0.2, 0) is 14.3 Å². The number of ether oxygens (including phenoxy) is 1. The lowest BCUT2D eigenvalue weighted by Crippen LogP contribution is -2.52. The standard InChI is InChI=1S/C16H12BrNO3/c17-11-3-1-10-8-12(4-2-9(10)7-11)18-15(19)13-5-6-14(21-13)16(18)20/h1-4,7-8,13-14H,5-6H2. The van der Waals surface area contributed by atoms with Gasteiger partial charge in [-0.25, -0.2) is 4.90 Å². The first-order valence-electron chi connectivity index (χ1n) is 6.86. The van der Waals surface area contributed by atoms with Gasteiger partial charge < -0.3 is 4.74 Å². The molecule has 2 unspecified atom stereocenters. The highest BCUT2D eigenvalue weighted by Crippen LogP contribution is 2.33. The van der Waals surface area contributed by atoms with Gasteiger partial charge >= 0.3 is 0 Å². The zero-order valence-corrected chi connectivity index (χ0v) is 12.7. The van der Waals surface area contributed by atoms with Crippen LogP contribution in [-0.4, -0.2) is 24.0 Å². The highest BCUT2D eigenvalue weighted by atomic mass is 79.9. The van der Waals surface area contributed by atoms with Crippen LogP contribution in [0.1, 0.15) is 12.8 Å². The van der Waals surface area contributed by atoms with E-state index >= 15 is 0 Å². The molecule has 4 nitrogen and oxygen atoms in total. The first-order valence-corrected chi connectivity index (χ1v) is 7.65. The van der Waals surface area contributed by atoms with Crippen LogP contribution in [0.4, 0.5) is 5.69 Å². The minimum Gasteiger partial charge on any atom is -0.355 e. The Morgan fingerprint density at radius 2 is 1.57 bits per heavy atom. The molecule has 0 radical (unpaired) electrons. The summed E-state index contributed by atoms with van der Waals surface area (Å²) in [6.45, 7) is 0. The second-order valence-corrected chi connectivity index (χ2v) is 6.29. The number of imide groups is 1. The molecule has 0 spiro atoms. The highest BCUT2D eigenvalue weighted by Gasteiger charge is 2.47. The maximum Gasteiger partial charge on any atom is 0.262 e. The molecule has 2 aliphatic rings. The minimum atomic E-state index is -0.465. The molecule has 0 N–H and O–H groups in total. The number of hydrogen-bond donors (Lipinski definition) is 0. The lowest BCUT2D eigenvalue weighted by molar-refractivity contribution is -0.146. The minimum absolute atomic E-state index is 0.245. The fraction of sp³-hybridized carbons (Fsp3) is 0.250. The Kier molecular flexibility index (Phi) is 2.87. The van der Waals surface area contributed by atoms with E-state index in [1.165, 1.54) is 4.90 Å². The topological polar surface area (TPSA) is 46.6 Å². The van der Waals surface area contributed by atoms with Gasteiger partial charge in [-0.15, -0.1) is 0 Å². The van der Waals surface area contributed by atoms with Crippen molar-refractivity contribution in [1.29, 1.82) is 0 Å². The number of nitrogens with zero attached hydrogens (tertiary/aromatic N) is 1. The van der Waals surface area contributed by atoms with Gasteiger partial charge in [0, 0.05) is 4.47 Å². The Bertz CT molecular complexity index is 751. The molecule has 21 heavy (non-hydrogen) atoms. The number of halogens is 1. The number of benzene rings is 2. The fourth-order valence-electron chi connectivity index (χ4n) is 2.99. The molecule has 2 fully saturated rings. The molecule has 2 heterocycles. The molecule has 0 aliphatic carbocycles. The molecule has 2 atom stereocenters. The van der Waals surface area contributed by atoms with E-state index in [1.807, 2.05) is 36.4 Å². The molecule has 5 heteroatoms. The van der Waals surface area contributed by atoms with E-state index < -0.39 is 12.2 Å². The predicted octanol–water partition coefficient (Wildman–Crippen LogP) is 3.02. The molecule has 0 saturated carbocycles. The number of anilines is 1. The van der Waals surface area contributed by atoms with Gasteiger partial charge in [-0.1, -0.05) is 28.1 Å². The average Bonchev–Trinajstić information content (AvgIpc) is 2.93. The third-order valence-corrected chi connectivity index (χ3v) is 4.55. The van der Waals surface area contributed by atoms with Gasteiger partial charge in [0.25, 0.3) is 11.8 Å². The molecule has 2 bridgehead atoms. The zero-order valence-electron chi connectivity index (χ0n) is 11.1. The van der Waals surface area contributed by atoms with Crippen molar-refractivity contribution in [3.05, 3.63) is 40.9 Å². The van der Waals surface area contributed by atoms with Gasteiger partial charge in [-0.2, -0.15) is 0 Å². The van der Waals surface area contributed by atoms with Gasteiger partial charge in [0.2, 0.25) is 0 Å². The summed E-state index contributed by atoms with van der Waals surface area (Å²) in [6, 6.07) is 11.5. The SMILES string of the molecule is O=C1C2CCC(O2)C(=O)N1c1ccc2cc(Br)ccc2c1. The van der Waals surface area contributed by atoms with Crippen LogP contribution in [0.15, 0.2) is 40.9 Å². The molecule has 2 aromatic rings. The summed E-state index contributed by atoms with van der Waals surface area (Å²) in [5.41, 5.74) is 0.625. The summed E-state index contributed by atoms with van der Waals surface area (Å²) in [5.74, 6) is -0.490. The van der Waals surface area contributed by atoms with Crippen LogP contribution in [0.5, 0.6) is 0 Å². The molecule has 106 valence electrons. The largest absolute Gasteiger partial charge is 0.355 e. The summed E-state index contributed by atoms with van der Waals surface area (Å²) < 4.78 is 6.43. The van der Waals surface area contributed by atoms with E-state index in [1.54, 1.807) is 0 Å². The first-order chi connectivity index (χ1) is 10.1. The number of carbonyl (C=O) groups is 2. The van der Waals surface area contributed by atoms with Crippen molar-refractivity contribution in [2.45, 2.75) is 25.0 Å². The van der Waals surface area contributed by atoms with E-state index in [-0.39, 0.29) is 11.8 Å². The molecule has 2 amide bonds. The number of hydrogen-bond acceptors (Lipinski definition) is 3. The van der Waals surface area contributed by atoms with E-state index in [9.17, 15) is 9.59 Å². The van der Waals surface area contributed by atoms with Gasteiger partial charge in [0.05, 0.1) is 5.69 Å². The number of rotatable bonds is 1. The zero-order chi connectivity index (χ0) is 14.6. The summed E-state index contributed by atoms with van der Waals surface area (Å²) >= 11 is 3.44. The van der Waals surface area contributed by atoms with Gasteiger partial charge in [-0.05, 0) is 47.9 Å². The maximum atomic E-state index is 12.4. The molecule has 2 saturated heterocycles. The Balaban J connectivity index is 1.80. The van der Waals surface area contributed by atoms with Gasteiger partial charge in [0.15, 0.2) is 0 Å². The molecule has 4 rings (SSSR count). The van der Waals surface area contributed by atoms with E-state index in [0.717, 1.165) is 15.2 Å². The quantitative estimate of drug-likeness (QED) is 0.746. The lowest BCUT2D eigenvalue weighted by atomic mass is 10.1. The van der Waals surface area contributed by atoms with Crippen LogP contribution in [0.25, 0.3) is 10.8 Å². The molecule has 0 aromatic heterocycles. The van der Waals surface area contributed by atoms with E-state index in [4.69, 9.17) is 4.74 Å². The molecule has 2 aromatic carbocycles. The second-order valence-electron chi connectivity index (χ2n) is 5.38. The van der Waals surface area contributed by atoms with Crippen molar-refractivity contribution in [2.24, 2.45) is 0 Å². The van der Waals surface area contributed by atoms with Gasteiger partial charge in [-0.3, -0.25) is 9.59 Å². The van der Waals surface area contributed by atoms with Crippen LogP contribution >= 0.6 is 15.9 Å². The van der Waals surface area contributed by atoms with Crippen molar-refractivity contribution >= 4 is 44.2 Å². The summed E-state index contributed by atoms with van der Waals surface area (Å²) in [7, 11) is 0. The Hall–Kier alpha value is -1.72. The molecular formula is C16H12BrNO3. The number of fused-ring (bicyclic) bond motifs is 3. The molecule has 2 aliphatic heterocycles. The summed E-state index contributed by atoms with van der Waals surface area (Å²) in [5, 5.41) is 2.05. The predicted molar refractivity (Wildman–Crippen MR) is 82.0 cm³/mol. The van der Waals surface area contributed by atoms with Crippen molar-refractivity contribution < 1.29 is 14.3 Å². The normalized spacial score (nSPS) is 24.9. The van der Waals surface area contributed by atoms with Crippen molar-refractivity contribution in [3.8, 4) is 0 Å². The Morgan fingerprint density at radius 1 is 0.952 bits per heavy atom. The van der Waals surface area contributed by atoms with Crippen LogP contribution in [0.3, 0.4) is 0 Å². The van der Waals surface area contributed by atoms with E-state index in [0.29, 0.717) is 18.5 Å². The van der Waals surface area contributed by atoms with Gasteiger partial charge in [0.1, 0.15) is 12.2 Å². The Morgan fingerprint density at radius 3 is 2.29 bits per heavy atom. The number of carbonyl (C=O) groups excluding carboxylic acids is 2. The maximum absolute atomic E-state index is 12.4. The van der Waals surface area contributed by atoms with Crippen LogP contribution < -0.4 is 4.90 Å². The summed E-state index contributed by atoms with van der Waals surface area (Å²) in [6.07, 6.45) is 0.333. The van der Waals surface area contributed by atoms with Crippen molar-refractivity contribution in [2.75, 3.05) is 4.90 Å². The average molecular weight is 346 g/mol. The number of amides is 2. The van der Waals surface area contributed by atoms with E-state index in [2.05, 4.69) is 15.9 Å². The summed E-state index contributed by atoms with van der Waals surface area (Å²) in [4.78, 5) is 26.0. The number of morpholine rings is 1. The third-order valence-electron chi connectivity index (χ3n) is 4.06. The fourth-order valence-corrected chi connectivity index (χ4v) is 3.37. The third kappa shape index (κ3) is 2.00. The van der Waals surface area contributed by atoms with Crippen LogP contribution in [0, 0.1) is 0 Å².